The SMILES string of the molecule is CCC1CC2C(=O)N(CC(=O)c3ccco3)C(=O)C2C1. The highest BCUT2D eigenvalue weighted by molar-refractivity contribution is 6.09. The molecule has 1 saturated carbocycles. The zero-order valence-electron chi connectivity index (χ0n) is 11.4. The average Bonchev–Trinajstić information content (AvgIpc) is 3.14. The van der Waals surface area contributed by atoms with Gasteiger partial charge in [-0.25, -0.2) is 0 Å². The maximum atomic E-state index is 12.3. The first-order chi connectivity index (χ1) is 9.61. The summed E-state index contributed by atoms with van der Waals surface area (Å²) in [4.78, 5) is 37.6. The van der Waals surface area contributed by atoms with Crippen LogP contribution in [0.3, 0.4) is 0 Å². The Labute approximate surface area is 116 Å². The topological polar surface area (TPSA) is 67.6 Å². The highest BCUT2D eigenvalue weighted by Gasteiger charge is 2.52. The van der Waals surface area contributed by atoms with Crippen LogP contribution in [0.5, 0.6) is 0 Å². The molecule has 2 fully saturated rings. The van der Waals surface area contributed by atoms with E-state index >= 15 is 0 Å². The van der Waals surface area contributed by atoms with Crippen LogP contribution in [-0.4, -0.2) is 29.0 Å². The van der Waals surface area contributed by atoms with Crippen LogP contribution in [0.25, 0.3) is 0 Å². The molecule has 2 aliphatic rings. The molecule has 2 unspecified atom stereocenters. The number of amides is 2. The van der Waals surface area contributed by atoms with Gasteiger partial charge in [-0.1, -0.05) is 13.3 Å². The lowest BCUT2D eigenvalue weighted by atomic mass is 10.00. The van der Waals surface area contributed by atoms with Gasteiger partial charge >= 0.3 is 0 Å². The second-order valence-corrected chi connectivity index (χ2v) is 5.62. The summed E-state index contributed by atoms with van der Waals surface area (Å²) in [6.45, 7) is 1.88. The standard InChI is InChI=1S/C15H17NO4/c1-2-9-6-10-11(7-9)15(19)16(14(10)18)8-12(17)13-4-3-5-20-13/h3-5,9-11H,2,6-8H2,1H3. The number of furan rings is 1. The van der Waals surface area contributed by atoms with E-state index in [0.29, 0.717) is 5.92 Å². The van der Waals surface area contributed by atoms with E-state index in [4.69, 9.17) is 4.42 Å². The number of hydrogen-bond donors (Lipinski definition) is 0. The van der Waals surface area contributed by atoms with E-state index in [9.17, 15) is 14.4 Å². The third-order valence-electron chi connectivity index (χ3n) is 4.50. The molecular weight excluding hydrogens is 258 g/mol. The van der Waals surface area contributed by atoms with Gasteiger partial charge in [0.25, 0.3) is 0 Å². The molecule has 1 saturated heterocycles. The Hall–Kier alpha value is -1.91. The van der Waals surface area contributed by atoms with Gasteiger partial charge in [-0.15, -0.1) is 0 Å². The minimum Gasteiger partial charge on any atom is -0.461 e. The number of imide groups is 1. The van der Waals surface area contributed by atoms with E-state index in [1.165, 1.54) is 6.26 Å². The van der Waals surface area contributed by atoms with Crippen LogP contribution >= 0.6 is 0 Å². The molecule has 1 aromatic rings. The van der Waals surface area contributed by atoms with Crippen molar-refractivity contribution < 1.29 is 18.8 Å². The molecule has 1 aliphatic carbocycles. The Morgan fingerprint density at radius 3 is 2.45 bits per heavy atom. The fourth-order valence-corrected chi connectivity index (χ4v) is 3.35. The number of carbonyl (C=O) groups excluding carboxylic acids is 3. The largest absolute Gasteiger partial charge is 0.461 e. The van der Waals surface area contributed by atoms with Gasteiger partial charge in [0.1, 0.15) is 0 Å². The molecular formula is C15H17NO4. The molecule has 0 radical (unpaired) electrons. The average molecular weight is 275 g/mol. The van der Waals surface area contributed by atoms with Gasteiger partial charge in [-0.05, 0) is 30.9 Å². The number of carbonyl (C=O) groups is 3. The van der Waals surface area contributed by atoms with Crippen LogP contribution in [-0.2, 0) is 9.59 Å². The first-order valence-corrected chi connectivity index (χ1v) is 7.03. The number of fused-ring (bicyclic) bond motifs is 1. The maximum Gasteiger partial charge on any atom is 0.233 e. The molecule has 3 rings (SSSR count). The van der Waals surface area contributed by atoms with Crippen molar-refractivity contribution in [3.8, 4) is 0 Å². The molecule has 5 heteroatoms. The van der Waals surface area contributed by atoms with Crippen LogP contribution < -0.4 is 0 Å². The van der Waals surface area contributed by atoms with Crippen molar-refractivity contribution in [3.05, 3.63) is 24.2 Å². The van der Waals surface area contributed by atoms with E-state index in [1.54, 1.807) is 12.1 Å². The molecule has 0 aromatic carbocycles. The summed E-state index contributed by atoms with van der Waals surface area (Å²) in [5, 5.41) is 0. The number of likely N-dealkylation sites (tertiary alicyclic amines) is 1. The minimum absolute atomic E-state index is 0.184. The molecule has 2 atom stereocenters. The first-order valence-electron chi connectivity index (χ1n) is 7.03. The van der Waals surface area contributed by atoms with Crippen molar-refractivity contribution in [1.82, 2.24) is 4.90 Å². The molecule has 1 aliphatic heterocycles. The smallest absolute Gasteiger partial charge is 0.233 e. The van der Waals surface area contributed by atoms with Gasteiger partial charge in [0, 0.05) is 0 Å². The zero-order valence-corrected chi connectivity index (χ0v) is 11.4. The van der Waals surface area contributed by atoms with E-state index in [1.807, 2.05) is 0 Å². The molecule has 0 spiro atoms. The summed E-state index contributed by atoms with van der Waals surface area (Å²) in [6, 6.07) is 3.16. The molecule has 2 heterocycles. The summed E-state index contributed by atoms with van der Waals surface area (Å²) in [7, 11) is 0. The predicted molar refractivity (Wildman–Crippen MR) is 69.8 cm³/mol. The van der Waals surface area contributed by atoms with E-state index in [0.717, 1.165) is 24.2 Å². The van der Waals surface area contributed by atoms with Crippen LogP contribution in [0.1, 0.15) is 36.7 Å². The number of hydrogen-bond acceptors (Lipinski definition) is 4. The molecule has 5 nitrogen and oxygen atoms in total. The quantitative estimate of drug-likeness (QED) is 0.621. The summed E-state index contributed by atoms with van der Waals surface area (Å²) in [6.07, 6.45) is 3.95. The van der Waals surface area contributed by atoms with Crippen molar-refractivity contribution >= 4 is 17.6 Å². The van der Waals surface area contributed by atoms with E-state index < -0.39 is 0 Å². The number of ketones is 1. The fourth-order valence-electron chi connectivity index (χ4n) is 3.35. The highest BCUT2D eigenvalue weighted by Crippen LogP contribution is 2.44. The minimum atomic E-state index is -0.330. The lowest BCUT2D eigenvalue weighted by Gasteiger charge is -2.16. The summed E-state index contributed by atoms with van der Waals surface area (Å²) in [5.41, 5.74) is 0. The summed E-state index contributed by atoms with van der Waals surface area (Å²) in [5.74, 6) is -0.473. The number of nitrogens with zero attached hydrogens (tertiary/aromatic N) is 1. The molecule has 2 amide bonds. The Morgan fingerprint density at radius 2 is 1.95 bits per heavy atom. The number of rotatable bonds is 4. The Kier molecular flexibility index (Phi) is 3.20. The third-order valence-corrected chi connectivity index (χ3v) is 4.50. The third kappa shape index (κ3) is 1.97. The van der Waals surface area contributed by atoms with Crippen LogP contribution in [0.2, 0.25) is 0 Å². The summed E-state index contributed by atoms with van der Waals surface area (Å²) >= 11 is 0. The van der Waals surface area contributed by atoms with Crippen molar-refractivity contribution in [1.29, 1.82) is 0 Å². The van der Waals surface area contributed by atoms with Crippen molar-refractivity contribution in [3.63, 3.8) is 0 Å². The molecule has 106 valence electrons. The first kappa shape index (κ1) is 13.1. The van der Waals surface area contributed by atoms with Crippen molar-refractivity contribution in [2.45, 2.75) is 26.2 Å². The summed E-state index contributed by atoms with van der Waals surface area (Å²) < 4.78 is 5.01. The van der Waals surface area contributed by atoms with Crippen LogP contribution in [0, 0.1) is 17.8 Å². The molecule has 1 aromatic heterocycles. The number of Topliss-reactive ketones (excluding diaryl/α,β-unsaturated/α-hetero) is 1. The van der Waals surface area contributed by atoms with Gasteiger partial charge in [0.15, 0.2) is 5.76 Å². The highest BCUT2D eigenvalue weighted by atomic mass is 16.3. The van der Waals surface area contributed by atoms with Crippen molar-refractivity contribution in [2.24, 2.45) is 17.8 Å². The second-order valence-electron chi connectivity index (χ2n) is 5.62. The predicted octanol–water partition coefficient (Wildman–Crippen LogP) is 1.88. The van der Waals surface area contributed by atoms with E-state index in [-0.39, 0.29) is 41.7 Å². The van der Waals surface area contributed by atoms with Gasteiger partial charge in [0.05, 0.1) is 24.6 Å². The van der Waals surface area contributed by atoms with Gasteiger partial charge in [0.2, 0.25) is 17.6 Å². The molecule has 0 bridgehead atoms. The fraction of sp³-hybridized carbons (Fsp3) is 0.533. The Bertz CT molecular complexity index is 524. The Balaban J connectivity index is 1.72. The normalized spacial score (nSPS) is 29.1. The van der Waals surface area contributed by atoms with Crippen LogP contribution in [0.15, 0.2) is 22.8 Å². The van der Waals surface area contributed by atoms with Crippen molar-refractivity contribution in [2.75, 3.05) is 6.54 Å². The van der Waals surface area contributed by atoms with Crippen LogP contribution in [0.4, 0.5) is 0 Å². The lowest BCUT2D eigenvalue weighted by Crippen LogP contribution is -2.36. The second kappa shape index (κ2) is 4.89. The van der Waals surface area contributed by atoms with Gasteiger partial charge < -0.3 is 4.42 Å². The molecule has 20 heavy (non-hydrogen) atoms. The van der Waals surface area contributed by atoms with E-state index in [2.05, 4.69) is 6.92 Å². The zero-order chi connectivity index (χ0) is 14.3. The maximum absolute atomic E-state index is 12.3. The lowest BCUT2D eigenvalue weighted by molar-refractivity contribution is -0.139. The van der Waals surface area contributed by atoms with Gasteiger partial charge in [-0.3, -0.25) is 19.3 Å². The molecule has 0 N–H and O–H groups in total. The monoisotopic (exact) mass is 275 g/mol. The van der Waals surface area contributed by atoms with Gasteiger partial charge in [-0.2, -0.15) is 0 Å². The Morgan fingerprint density at radius 1 is 1.30 bits per heavy atom.